The summed E-state index contributed by atoms with van der Waals surface area (Å²) >= 11 is 5.92. The molecule has 1 aromatic carbocycles. The molecule has 2 heteroatoms. The zero-order chi connectivity index (χ0) is 13.0. The van der Waals surface area contributed by atoms with E-state index in [0.717, 1.165) is 22.7 Å². The minimum atomic E-state index is 0.556. The Bertz CT molecular complexity index is 505. The molecule has 0 aliphatic carbocycles. The number of nitrogens with zero attached hydrogens (tertiary/aromatic N) is 1. The third-order valence-electron chi connectivity index (χ3n) is 3.12. The second-order valence-corrected chi connectivity index (χ2v) is 4.97. The Kier molecular flexibility index (Phi) is 4.38. The van der Waals surface area contributed by atoms with Crippen molar-refractivity contribution in [2.45, 2.75) is 20.3 Å². The highest BCUT2D eigenvalue weighted by Crippen LogP contribution is 2.25. The Morgan fingerprint density at radius 2 is 1.94 bits per heavy atom. The predicted molar refractivity (Wildman–Crippen MR) is 77.5 cm³/mol. The smallest absolute Gasteiger partial charge is 0.0734 e. The van der Waals surface area contributed by atoms with E-state index in [-0.39, 0.29) is 0 Å². The summed E-state index contributed by atoms with van der Waals surface area (Å²) in [6.45, 7) is 4.32. The second kappa shape index (κ2) is 6.01. The van der Waals surface area contributed by atoms with Crippen LogP contribution in [-0.2, 0) is 6.42 Å². The quantitative estimate of drug-likeness (QED) is 0.767. The van der Waals surface area contributed by atoms with Gasteiger partial charge < -0.3 is 0 Å². The van der Waals surface area contributed by atoms with Crippen molar-refractivity contribution < 1.29 is 0 Å². The van der Waals surface area contributed by atoms with Gasteiger partial charge >= 0.3 is 0 Å². The first-order valence-corrected chi connectivity index (χ1v) is 6.58. The van der Waals surface area contributed by atoms with E-state index in [0.29, 0.717) is 5.92 Å². The summed E-state index contributed by atoms with van der Waals surface area (Å²) in [6, 6.07) is 12.0. The number of hydrogen-bond donors (Lipinski definition) is 0. The lowest BCUT2D eigenvalue weighted by Crippen LogP contribution is -2.01. The third-order valence-corrected chi connectivity index (χ3v) is 3.37. The molecule has 1 radical (unpaired) electrons. The molecule has 2 aromatic rings. The molecule has 1 unspecified atom stereocenters. The highest BCUT2D eigenvalue weighted by Gasteiger charge is 2.09. The first-order chi connectivity index (χ1) is 8.70. The first-order valence-electron chi connectivity index (χ1n) is 6.20. The van der Waals surface area contributed by atoms with Crippen LogP contribution in [0, 0.1) is 12.3 Å². The van der Waals surface area contributed by atoms with Gasteiger partial charge in [0.1, 0.15) is 0 Å². The van der Waals surface area contributed by atoms with Gasteiger partial charge in [0.2, 0.25) is 0 Å². The average Bonchev–Trinajstić information content (AvgIpc) is 2.40. The molecule has 0 aliphatic rings. The van der Waals surface area contributed by atoms with Crippen molar-refractivity contribution in [2.24, 2.45) is 5.92 Å². The van der Waals surface area contributed by atoms with Gasteiger partial charge in [-0.3, -0.25) is 4.98 Å². The summed E-state index contributed by atoms with van der Waals surface area (Å²) in [5.74, 6) is 0.556. The molecular formula is C16H17ClN. The van der Waals surface area contributed by atoms with Gasteiger partial charge in [-0.25, -0.2) is 0 Å². The van der Waals surface area contributed by atoms with Crippen molar-refractivity contribution in [2.75, 3.05) is 0 Å². The molecule has 1 nitrogen and oxygen atoms in total. The highest BCUT2D eigenvalue weighted by molar-refractivity contribution is 6.30. The van der Waals surface area contributed by atoms with E-state index in [2.05, 4.69) is 31.3 Å². The van der Waals surface area contributed by atoms with E-state index >= 15 is 0 Å². The number of halogens is 1. The Morgan fingerprint density at radius 3 is 2.61 bits per heavy atom. The van der Waals surface area contributed by atoms with Crippen molar-refractivity contribution in [1.82, 2.24) is 4.98 Å². The summed E-state index contributed by atoms with van der Waals surface area (Å²) in [5, 5.41) is 0.756. The fourth-order valence-electron chi connectivity index (χ4n) is 1.94. The van der Waals surface area contributed by atoms with E-state index in [1.54, 1.807) is 0 Å². The van der Waals surface area contributed by atoms with E-state index in [4.69, 9.17) is 11.6 Å². The standard InChI is InChI=1S/C16H17ClN/c1-3-12(2)11-14-5-4-10-18-16(14)13-6-8-15(17)9-7-13/h3-10,12H,11H2,1-2H3. The van der Waals surface area contributed by atoms with Gasteiger partial charge in [-0.15, -0.1) is 0 Å². The molecule has 0 fully saturated rings. The van der Waals surface area contributed by atoms with Gasteiger partial charge in [-0.1, -0.05) is 43.6 Å². The maximum absolute atomic E-state index is 5.92. The van der Waals surface area contributed by atoms with E-state index < -0.39 is 0 Å². The molecular weight excluding hydrogens is 242 g/mol. The third kappa shape index (κ3) is 3.11. The number of pyridine rings is 1. The summed E-state index contributed by atoms with van der Waals surface area (Å²) in [4.78, 5) is 4.51. The highest BCUT2D eigenvalue weighted by atomic mass is 35.5. The summed E-state index contributed by atoms with van der Waals surface area (Å²) in [6.07, 6.45) is 5.08. The van der Waals surface area contributed by atoms with E-state index in [9.17, 15) is 0 Å². The SMILES string of the molecule is C[CH]C(C)Cc1cccnc1-c1ccc(Cl)cc1. The van der Waals surface area contributed by atoms with Gasteiger partial charge in [0.05, 0.1) is 5.69 Å². The normalized spacial score (nSPS) is 12.4. The molecule has 0 N–H and O–H groups in total. The van der Waals surface area contributed by atoms with Crippen molar-refractivity contribution in [3.63, 3.8) is 0 Å². The van der Waals surface area contributed by atoms with Gasteiger partial charge in [0.15, 0.2) is 0 Å². The van der Waals surface area contributed by atoms with Gasteiger partial charge in [0.25, 0.3) is 0 Å². The van der Waals surface area contributed by atoms with E-state index in [1.807, 2.05) is 36.5 Å². The number of rotatable bonds is 4. The Morgan fingerprint density at radius 1 is 1.22 bits per heavy atom. The Balaban J connectivity index is 2.35. The maximum Gasteiger partial charge on any atom is 0.0734 e. The van der Waals surface area contributed by atoms with Gasteiger partial charge in [0, 0.05) is 16.8 Å². The fourth-order valence-corrected chi connectivity index (χ4v) is 2.06. The van der Waals surface area contributed by atoms with Crippen LogP contribution in [0.25, 0.3) is 11.3 Å². The number of hydrogen-bond acceptors (Lipinski definition) is 1. The molecule has 2 rings (SSSR count). The molecule has 0 amide bonds. The zero-order valence-corrected chi connectivity index (χ0v) is 11.5. The van der Waals surface area contributed by atoms with Crippen LogP contribution in [0.2, 0.25) is 5.02 Å². The van der Waals surface area contributed by atoms with Crippen LogP contribution in [0.1, 0.15) is 19.4 Å². The number of aromatic nitrogens is 1. The van der Waals surface area contributed by atoms with Gasteiger partial charge in [-0.2, -0.15) is 0 Å². The molecule has 0 aliphatic heterocycles. The summed E-state index contributed by atoms with van der Waals surface area (Å²) < 4.78 is 0. The predicted octanol–water partition coefficient (Wildman–Crippen LogP) is 4.80. The molecule has 18 heavy (non-hydrogen) atoms. The first kappa shape index (κ1) is 13.1. The molecule has 1 aromatic heterocycles. The molecule has 1 atom stereocenters. The monoisotopic (exact) mass is 258 g/mol. The van der Waals surface area contributed by atoms with Crippen LogP contribution < -0.4 is 0 Å². The lowest BCUT2D eigenvalue weighted by molar-refractivity contribution is 0.670. The van der Waals surface area contributed by atoms with Crippen molar-refractivity contribution in [3.8, 4) is 11.3 Å². The van der Waals surface area contributed by atoms with E-state index in [1.165, 1.54) is 5.56 Å². The number of benzene rings is 1. The lowest BCUT2D eigenvalue weighted by atomic mass is 9.95. The summed E-state index contributed by atoms with van der Waals surface area (Å²) in [5.41, 5.74) is 3.46. The van der Waals surface area contributed by atoms with Crippen LogP contribution in [0.15, 0.2) is 42.6 Å². The molecule has 1 heterocycles. The lowest BCUT2D eigenvalue weighted by Gasteiger charge is -2.12. The Labute approximate surface area is 114 Å². The van der Waals surface area contributed by atoms with Crippen LogP contribution in [0.3, 0.4) is 0 Å². The van der Waals surface area contributed by atoms with Crippen LogP contribution in [-0.4, -0.2) is 4.98 Å². The van der Waals surface area contributed by atoms with Crippen LogP contribution >= 0.6 is 11.6 Å². The zero-order valence-electron chi connectivity index (χ0n) is 10.7. The molecule has 0 spiro atoms. The van der Waals surface area contributed by atoms with Crippen LogP contribution in [0.4, 0.5) is 0 Å². The minimum absolute atomic E-state index is 0.556. The molecule has 93 valence electrons. The fraction of sp³-hybridized carbons (Fsp3) is 0.250. The average molecular weight is 259 g/mol. The molecule has 0 saturated heterocycles. The second-order valence-electron chi connectivity index (χ2n) is 4.53. The molecule has 0 bridgehead atoms. The van der Waals surface area contributed by atoms with Crippen molar-refractivity contribution in [3.05, 3.63) is 59.6 Å². The summed E-state index contributed by atoms with van der Waals surface area (Å²) in [7, 11) is 0. The maximum atomic E-state index is 5.92. The topological polar surface area (TPSA) is 12.9 Å². The van der Waals surface area contributed by atoms with Crippen molar-refractivity contribution in [1.29, 1.82) is 0 Å². The largest absolute Gasteiger partial charge is 0.256 e. The molecule has 0 saturated carbocycles. The van der Waals surface area contributed by atoms with Gasteiger partial charge in [-0.05, 0) is 42.5 Å². The van der Waals surface area contributed by atoms with Crippen LogP contribution in [0.5, 0.6) is 0 Å². The minimum Gasteiger partial charge on any atom is -0.256 e. The Hall–Kier alpha value is -1.34. The van der Waals surface area contributed by atoms with Crippen molar-refractivity contribution >= 4 is 11.6 Å².